The topological polar surface area (TPSA) is 87.7 Å². The maximum Gasteiger partial charge on any atom is 0.264 e. The van der Waals surface area contributed by atoms with E-state index in [-0.39, 0.29) is 17.5 Å². The van der Waals surface area contributed by atoms with Gasteiger partial charge in [-0.25, -0.2) is 10.1 Å². The maximum absolute atomic E-state index is 12.2. The molecule has 1 atom stereocenters. The zero-order valence-electron chi connectivity index (χ0n) is 13.3. The van der Waals surface area contributed by atoms with Crippen molar-refractivity contribution < 1.29 is 4.79 Å². The number of nitrogens with zero attached hydrogens (tertiary/aromatic N) is 2. The molecule has 0 spiro atoms. The van der Waals surface area contributed by atoms with Gasteiger partial charge >= 0.3 is 0 Å². The minimum atomic E-state index is -0.197. The molecule has 0 bridgehead atoms. The molecule has 0 saturated heterocycles. The lowest BCUT2D eigenvalue weighted by atomic mass is 9.92. The Labute approximate surface area is 152 Å². The Kier molecular flexibility index (Phi) is 4.54. The van der Waals surface area contributed by atoms with Crippen molar-refractivity contribution >= 4 is 39.2 Å². The summed E-state index contributed by atoms with van der Waals surface area (Å²) in [6.45, 7) is 0. The molecule has 0 radical (unpaired) electrons. The molecule has 1 unspecified atom stereocenters. The van der Waals surface area contributed by atoms with Gasteiger partial charge in [-0.2, -0.15) is 5.10 Å². The summed E-state index contributed by atoms with van der Waals surface area (Å²) in [5.41, 5.74) is 2.63. The summed E-state index contributed by atoms with van der Waals surface area (Å²) < 4.78 is 2.04. The number of aromatic amines is 1. The molecule has 0 saturated carbocycles. The van der Waals surface area contributed by atoms with E-state index in [1.807, 2.05) is 24.3 Å². The third-order valence-electron chi connectivity index (χ3n) is 4.14. The number of thioether (sulfide) groups is 1. The number of fused-ring (bicyclic) bond motifs is 2. The second kappa shape index (κ2) is 6.97. The van der Waals surface area contributed by atoms with E-state index in [1.165, 1.54) is 11.8 Å². The quantitative estimate of drug-likeness (QED) is 0.685. The molecule has 0 aliphatic heterocycles. The zero-order valence-corrected chi connectivity index (χ0v) is 15.0. The van der Waals surface area contributed by atoms with Crippen LogP contribution < -0.4 is 10.9 Å². The summed E-state index contributed by atoms with van der Waals surface area (Å²) in [4.78, 5) is 28.2. The first-order valence-corrected chi connectivity index (χ1v) is 9.83. The van der Waals surface area contributed by atoms with Gasteiger partial charge in [0.25, 0.3) is 5.56 Å². The number of carbonyl (C=O) groups excluding carboxylic acids is 1. The number of nitrogens with one attached hydrogen (secondary N) is 2. The fourth-order valence-electron chi connectivity index (χ4n) is 2.97. The second-order valence-electron chi connectivity index (χ2n) is 5.95. The monoisotopic (exact) mass is 372 g/mol. The fourth-order valence-corrected chi connectivity index (χ4v) is 4.85. The number of amides is 1. The van der Waals surface area contributed by atoms with Crippen LogP contribution in [0.2, 0.25) is 0 Å². The Bertz CT molecular complexity index is 949. The molecule has 25 heavy (non-hydrogen) atoms. The van der Waals surface area contributed by atoms with Crippen molar-refractivity contribution in [2.45, 2.75) is 29.6 Å². The van der Waals surface area contributed by atoms with Crippen LogP contribution in [-0.4, -0.2) is 32.9 Å². The Morgan fingerprint density at radius 3 is 3.16 bits per heavy atom. The van der Waals surface area contributed by atoms with Gasteiger partial charge in [-0.1, -0.05) is 23.9 Å². The Hall–Kier alpha value is -2.19. The highest BCUT2D eigenvalue weighted by atomic mass is 32.2. The van der Waals surface area contributed by atoms with Crippen LogP contribution in [0, 0.1) is 0 Å². The highest BCUT2D eigenvalue weighted by molar-refractivity contribution is 8.01. The highest BCUT2D eigenvalue weighted by Crippen LogP contribution is 2.29. The Balaban J connectivity index is 1.34. The summed E-state index contributed by atoms with van der Waals surface area (Å²) in [7, 11) is 0. The third-order valence-corrected chi connectivity index (χ3v) is 6.32. The van der Waals surface area contributed by atoms with Gasteiger partial charge in [-0.05, 0) is 37.0 Å². The Morgan fingerprint density at radius 2 is 2.28 bits per heavy atom. The van der Waals surface area contributed by atoms with Crippen molar-refractivity contribution in [2.24, 2.45) is 0 Å². The average molecular weight is 372 g/mol. The van der Waals surface area contributed by atoms with Crippen LogP contribution in [0.1, 0.15) is 17.7 Å². The van der Waals surface area contributed by atoms with Crippen molar-refractivity contribution in [3.05, 3.63) is 51.9 Å². The number of thiazole rings is 1. The molecule has 2 heterocycles. The number of carbonyl (C=O) groups is 1. The molecular formula is C17H16N4O2S2. The molecule has 128 valence electrons. The number of hydrogen-bond donors (Lipinski definition) is 2. The predicted molar refractivity (Wildman–Crippen MR) is 99.2 cm³/mol. The first-order chi connectivity index (χ1) is 12.2. The summed E-state index contributed by atoms with van der Waals surface area (Å²) in [6.07, 6.45) is 2.26. The standard InChI is InChI=1S/C17H16N4O2S2/c22-15-8-10-7-11(5-6-12(10)20-21-15)18-16(23)9-24-17-19-13-3-1-2-4-14(13)25-17/h1-4,8,11H,5-7,9H2,(H,18,23)(H,21,22). The van der Waals surface area contributed by atoms with Gasteiger partial charge in [0.15, 0.2) is 4.34 Å². The number of H-pyrrole nitrogens is 1. The number of para-hydroxylation sites is 1. The van der Waals surface area contributed by atoms with E-state index >= 15 is 0 Å². The predicted octanol–water partition coefficient (Wildman–Crippen LogP) is 2.15. The van der Waals surface area contributed by atoms with Gasteiger partial charge in [-0.3, -0.25) is 9.59 Å². The van der Waals surface area contributed by atoms with Crippen molar-refractivity contribution in [2.75, 3.05) is 5.75 Å². The molecule has 2 aromatic heterocycles. The van der Waals surface area contributed by atoms with Gasteiger partial charge in [0.1, 0.15) is 0 Å². The third kappa shape index (κ3) is 3.74. The summed E-state index contributed by atoms with van der Waals surface area (Å²) >= 11 is 3.06. The highest BCUT2D eigenvalue weighted by Gasteiger charge is 2.21. The van der Waals surface area contributed by atoms with E-state index in [9.17, 15) is 9.59 Å². The number of aryl methyl sites for hydroxylation is 1. The SMILES string of the molecule is O=C(CSc1nc2ccccc2s1)NC1CCc2n[nH]c(=O)cc2C1. The van der Waals surface area contributed by atoms with E-state index in [4.69, 9.17) is 0 Å². The van der Waals surface area contributed by atoms with E-state index in [0.717, 1.165) is 38.7 Å². The van der Waals surface area contributed by atoms with E-state index in [2.05, 4.69) is 20.5 Å². The van der Waals surface area contributed by atoms with Crippen molar-refractivity contribution in [1.82, 2.24) is 20.5 Å². The maximum atomic E-state index is 12.2. The van der Waals surface area contributed by atoms with Crippen LogP contribution in [-0.2, 0) is 17.6 Å². The van der Waals surface area contributed by atoms with E-state index in [1.54, 1.807) is 17.4 Å². The minimum Gasteiger partial charge on any atom is -0.352 e. The molecule has 6 nitrogen and oxygen atoms in total. The van der Waals surface area contributed by atoms with Crippen LogP contribution in [0.25, 0.3) is 10.2 Å². The van der Waals surface area contributed by atoms with Crippen molar-refractivity contribution in [3.63, 3.8) is 0 Å². The molecule has 4 rings (SSSR count). The average Bonchev–Trinajstić information content (AvgIpc) is 3.02. The fraction of sp³-hybridized carbons (Fsp3) is 0.294. The van der Waals surface area contributed by atoms with Crippen LogP contribution in [0.4, 0.5) is 0 Å². The van der Waals surface area contributed by atoms with E-state index < -0.39 is 0 Å². The minimum absolute atomic E-state index is 0.00416. The number of hydrogen-bond acceptors (Lipinski definition) is 6. The summed E-state index contributed by atoms with van der Waals surface area (Å²) in [5.74, 6) is 0.340. The second-order valence-corrected chi connectivity index (χ2v) is 8.20. The van der Waals surface area contributed by atoms with Gasteiger partial charge in [0.05, 0.1) is 21.7 Å². The first kappa shape index (κ1) is 16.3. The summed E-state index contributed by atoms with van der Waals surface area (Å²) in [5, 5.41) is 9.59. The number of aromatic nitrogens is 3. The molecule has 0 fully saturated rings. The summed E-state index contributed by atoms with van der Waals surface area (Å²) in [6, 6.07) is 9.60. The Morgan fingerprint density at radius 1 is 1.40 bits per heavy atom. The molecule has 1 amide bonds. The van der Waals surface area contributed by atoms with Crippen molar-refractivity contribution in [1.29, 1.82) is 0 Å². The molecule has 3 aromatic rings. The number of rotatable bonds is 4. The van der Waals surface area contributed by atoms with Gasteiger partial charge < -0.3 is 5.32 Å². The van der Waals surface area contributed by atoms with Gasteiger partial charge in [0, 0.05) is 12.1 Å². The van der Waals surface area contributed by atoms with Gasteiger partial charge in [0.2, 0.25) is 5.91 Å². The molecular weight excluding hydrogens is 356 g/mol. The van der Waals surface area contributed by atoms with Gasteiger partial charge in [-0.15, -0.1) is 11.3 Å². The molecule has 1 aliphatic rings. The molecule has 1 aromatic carbocycles. The van der Waals surface area contributed by atoms with E-state index in [0.29, 0.717) is 12.2 Å². The lowest BCUT2D eigenvalue weighted by molar-refractivity contribution is -0.119. The van der Waals surface area contributed by atoms with Crippen LogP contribution in [0.3, 0.4) is 0 Å². The first-order valence-electron chi connectivity index (χ1n) is 8.02. The lowest BCUT2D eigenvalue weighted by Crippen LogP contribution is -2.40. The van der Waals surface area contributed by atoms with Crippen molar-refractivity contribution in [3.8, 4) is 0 Å². The zero-order chi connectivity index (χ0) is 17.2. The largest absolute Gasteiger partial charge is 0.352 e. The van der Waals surface area contributed by atoms with Crippen LogP contribution >= 0.6 is 23.1 Å². The molecule has 2 N–H and O–H groups in total. The van der Waals surface area contributed by atoms with Crippen LogP contribution in [0.5, 0.6) is 0 Å². The smallest absolute Gasteiger partial charge is 0.264 e. The van der Waals surface area contributed by atoms with Crippen LogP contribution in [0.15, 0.2) is 39.5 Å². The normalized spacial score (nSPS) is 16.6. The number of benzene rings is 1. The molecule has 1 aliphatic carbocycles. The lowest BCUT2D eigenvalue weighted by Gasteiger charge is -2.24. The molecule has 8 heteroatoms.